The van der Waals surface area contributed by atoms with Crippen LogP contribution in [0.4, 0.5) is 11.4 Å². The standard InChI is InChI=1S/C16H20ClN5O2/c1-9-6-10(2)22(21-9)11(3)16(24)20-14-5-4-12(7-13(14)17)19-15(23)8-18/h4-7,11H,8,18H2,1-3H3,(H,19,23)(H,20,24). The fraction of sp³-hybridized carbons (Fsp3) is 0.312. The molecule has 2 rings (SSSR count). The minimum absolute atomic E-state index is 0.115. The van der Waals surface area contributed by atoms with Crippen molar-refractivity contribution in [2.75, 3.05) is 17.2 Å². The number of halogens is 1. The number of anilines is 2. The maximum Gasteiger partial charge on any atom is 0.248 e. The number of amides is 2. The summed E-state index contributed by atoms with van der Waals surface area (Å²) < 4.78 is 1.66. The van der Waals surface area contributed by atoms with Crippen LogP contribution in [0.3, 0.4) is 0 Å². The molecule has 8 heteroatoms. The summed E-state index contributed by atoms with van der Waals surface area (Å²) in [5, 5.41) is 10.0. The van der Waals surface area contributed by atoms with Crippen molar-refractivity contribution >= 4 is 34.8 Å². The first kappa shape index (κ1) is 18.0. The zero-order chi connectivity index (χ0) is 17.9. The Bertz CT molecular complexity index is 772. The van der Waals surface area contributed by atoms with E-state index in [1.807, 2.05) is 19.9 Å². The van der Waals surface area contributed by atoms with E-state index < -0.39 is 6.04 Å². The maximum absolute atomic E-state index is 12.4. The van der Waals surface area contributed by atoms with Gasteiger partial charge in [0.2, 0.25) is 11.8 Å². The van der Waals surface area contributed by atoms with Gasteiger partial charge >= 0.3 is 0 Å². The first-order chi connectivity index (χ1) is 11.3. The topological polar surface area (TPSA) is 102 Å². The number of aryl methyl sites for hydroxylation is 2. The van der Waals surface area contributed by atoms with E-state index in [1.54, 1.807) is 29.8 Å². The quantitative estimate of drug-likeness (QED) is 0.770. The molecule has 0 aliphatic rings. The van der Waals surface area contributed by atoms with Gasteiger partial charge in [-0.25, -0.2) is 0 Å². The number of nitrogens with two attached hydrogens (primary N) is 1. The summed E-state index contributed by atoms with van der Waals surface area (Å²) in [6.07, 6.45) is 0. The number of hydrogen-bond acceptors (Lipinski definition) is 4. The molecule has 0 aliphatic heterocycles. The zero-order valence-electron chi connectivity index (χ0n) is 13.8. The Labute approximate surface area is 145 Å². The van der Waals surface area contributed by atoms with Crippen LogP contribution >= 0.6 is 11.6 Å². The number of benzene rings is 1. The summed E-state index contributed by atoms with van der Waals surface area (Å²) in [6.45, 7) is 5.42. The second-order valence-corrected chi connectivity index (χ2v) is 5.89. The smallest absolute Gasteiger partial charge is 0.248 e. The van der Waals surface area contributed by atoms with Crippen LogP contribution in [0.5, 0.6) is 0 Å². The second kappa shape index (κ2) is 7.46. The van der Waals surface area contributed by atoms with Gasteiger partial charge < -0.3 is 16.4 Å². The summed E-state index contributed by atoms with van der Waals surface area (Å²) in [5.41, 5.74) is 7.97. The molecular weight excluding hydrogens is 330 g/mol. The Balaban J connectivity index is 2.11. The van der Waals surface area contributed by atoms with Crippen molar-refractivity contribution in [3.63, 3.8) is 0 Å². The van der Waals surface area contributed by atoms with Crippen molar-refractivity contribution in [1.82, 2.24) is 9.78 Å². The Morgan fingerprint density at radius 1 is 1.29 bits per heavy atom. The number of hydrogen-bond donors (Lipinski definition) is 3. The van der Waals surface area contributed by atoms with Crippen LogP contribution < -0.4 is 16.4 Å². The van der Waals surface area contributed by atoms with Crippen molar-refractivity contribution in [3.8, 4) is 0 Å². The van der Waals surface area contributed by atoms with Crippen molar-refractivity contribution < 1.29 is 9.59 Å². The second-order valence-electron chi connectivity index (χ2n) is 5.48. The molecule has 1 aromatic heterocycles. The largest absolute Gasteiger partial charge is 0.325 e. The van der Waals surface area contributed by atoms with E-state index in [2.05, 4.69) is 15.7 Å². The summed E-state index contributed by atoms with van der Waals surface area (Å²) in [6, 6.07) is 6.25. The molecular formula is C16H20ClN5O2. The summed E-state index contributed by atoms with van der Waals surface area (Å²) in [5.74, 6) is -0.553. The van der Waals surface area contributed by atoms with Crippen molar-refractivity contribution in [2.45, 2.75) is 26.8 Å². The van der Waals surface area contributed by atoms with Crippen LogP contribution in [0.2, 0.25) is 5.02 Å². The monoisotopic (exact) mass is 349 g/mol. The van der Waals surface area contributed by atoms with Crippen molar-refractivity contribution in [1.29, 1.82) is 0 Å². The highest BCUT2D eigenvalue weighted by Crippen LogP contribution is 2.26. The highest BCUT2D eigenvalue weighted by molar-refractivity contribution is 6.34. The van der Waals surface area contributed by atoms with Crippen LogP contribution in [0.15, 0.2) is 24.3 Å². The molecule has 7 nitrogen and oxygen atoms in total. The molecule has 1 heterocycles. The first-order valence-corrected chi connectivity index (χ1v) is 7.82. The molecule has 0 saturated carbocycles. The molecule has 0 bridgehead atoms. The molecule has 0 spiro atoms. The average molecular weight is 350 g/mol. The average Bonchev–Trinajstić information content (AvgIpc) is 2.87. The predicted octanol–water partition coefficient (Wildman–Crippen LogP) is 2.25. The summed E-state index contributed by atoms with van der Waals surface area (Å²) >= 11 is 6.17. The lowest BCUT2D eigenvalue weighted by molar-refractivity contribution is -0.119. The lowest BCUT2D eigenvalue weighted by Crippen LogP contribution is -2.25. The molecule has 1 aromatic carbocycles. The highest BCUT2D eigenvalue weighted by Gasteiger charge is 2.19. The van der Waals surface area contributed by atoms with Crippen LogP contribution in [0, 0.1) is 13.8 Å². The van der Waals surface area contributed by atoms with Gasteiger partial charge in [0, 0.05) is 11.4 Å². The Kier molecular flexibility index (Phi) is 5.58. The lowest BCUT2D eigenvalue weighted by atomic mass is 10.2. The Morgan fingerprint density at radius 2 is 2.00 bits per heavy atom. The van der Waals surface area contributed by atoms with Gasteiger partial charge in [0.25, 0.3) is 0 Å². The predicted molar refractivity (Wildman–Crippen MR) is 94.2 cm³/mol. The molecule has 2 amide bonds. The van der Waals surface area contributed by atoms with E-state index >= 15 is 0 Å². The molecule has 128 valence electrons. The van der Waals surface area contributed by atoms with Gasteiger partial charge in [0.15, 0.2) is 0 Å². The van der Waals surface area contributed by atoms with Gasteiger partial charge in [0.1, 0.15) is 6.04 Å². The van der Waals surface area contributed by atoms with Crippen LogP contribution in [-0.4, -0.2) is 28.1 Å². The van der Waals surface area contributed by atoms with E-state index in [4.69, 9.17) is 17.3 Å². The number of nitrogens with zero attached hydrogens (tertiary/aromatic N) is 2. The maximum atomic E-state index is 12.4. The molecule has 1 atom stereocenters. The third-order valence-corrected chi connectivity index (χ3v) is 3.80. The van der Waals surface area contributed by atoms with Gasteiger partial charge in [-0.05, 0) is 45.0 Å². The van der Waals surface area contributed by atoms with Gasteiger partial charge in [-0.15, -0.1) is 0 Å². The minimum Gasteiger partial charge on any atom is -0.325 e. The first-order valence-electron chi connectivity index (χ1n) is 7.45. The van der Waals surface area contributed by atoms with Gasteiger partial charge in [-0.3, -0.25) is 14.3 Å². The normalized spacial score (nSPS) is 11.9. The molecule has 0 saturated heterocycles. The zero-order valence-corrected chi connectivity index (χ0v) is 14.5. The SMILES string of the molecule is Cc1cc(C)n(C(C)C(=O)Nc2ccc(NC(=O)CN)cc2Cl)n1. The summed E-state index contributed by atoms with van der Waals surface area (Å²) in [4.78, 5) is 23.7. The van der Waals surface area contributed by atoms with Crippen molar-refractivity contribution in [2.24, 2.45) is 5.73 Å². The molecule has 0 fully saturated rings. The third-order valence-electron chi connectivity index (χ3n) is 3.49. The number of carbonyl (C=O) groups excluding carboxylic acids is 2. The molecule has 24 heavy (non-hydrogen) atoms. The van der Waals surface area contributed by atoms with E-state index in [1.165, 1.54) is 0 Å². The molecule has 0 aliphatic carbocycles. The molecule has 0 radical (unpaired) electrons. The molecule has 1 unspecified atom stereocenters. The van der Waals surface area contributed by atoms with E-state index in [9.17, 15) is 9.59 Å². The van der Waals surface area contributed by atoms with Crippen LogP contribution in [-0.2, 0) is 9.59 Å². The fourth-order valence-corrected chi connectivity index (χ4v) is 2.52. The summed E-state index contributed by atoms with van der Waals surface area (Å²) in [7, 11) is 0. The van der Waals surface area contributed by atoms with Gasteiger partial charge in [0.05, 0.1) is 22.9 Å². The van der Waals surface area contributed by atoms with E-state index in [-0.39, 0.29) is 18.4 Å². The van der Waals surface area contributed by atoms with E-state index in [0.29, 0.717) is 16.4 Å². The Hall–Kier alpha value is -2.38. The van der Waals surface area contributed by atoms with Gasteiger partial charge in [-0.2, -0.15) is 5.10 Å². The van der Waals surface area contributed by atoms with Crippen molar-refractivity contribution in [3.05, 3.63) is 40.7 Å². The highest BCUT2D eigenvalue weighted by atomic mass is 35.5. The number of nitrogens with one attached hydrogen (secondary N) is 2. The fourth-order valence-electron chi connectivity index (χ4n) is 2.29. The lowest BCUT2D eigenvalue weighted by Gasteiger charge is -2.15. The number of rotatable bonds is 5. The Morgan fingerprint density at radius 3 is 2.54 bits per heavy atom. The van der Waals surface area contributed by atoms with Crippen LogP contribution in [0.1, 0.15) is 24.4 Å². The van der Waals surface area contributed by atoms with E-state index in [0.717, 1.165) is 11.4 Å². The number of aromatic nitrogens is 2. The van der Waals surface area contributed by atoms with Crippen LogP contribution in [0.25, 0.3) is 0 Å². The third kappa shape index (κ3) is 4.12. The molecule has 4 N–H and O–H groups in total. The molecule has 2 aromatic rings. The number of carbonyl (C=O) groups is 2. The van der Waals surface area contributed by atoms with Gasteiger partial charge in [-0.1, -0.05) is 11.6 Å². The minimum atomic E-state index is -0.480.